The van der Waals surface area contributed by atoms with E-state index in [1.165, 1.54) is 12.1 Å². The molecule has 156 valence electrons. The van der Waals surface area contributed by atoms with E-state index in [2.05, 4.69) is 15.0 Å². The number of hydrogen-bond donors (Lipinski definition) is 4. The van der Waals surface area contributed by atoms with Crippen LogP contribution in [0.2, 0.25) is 0 Å². The minimum atomic E-state index is -3.16. The summed E-state index contributed by atoms with van der Waals surface area (Å²) in [6.45, 7) is 0. The maximum absolute atomic E-state index is 13.5. The number of ketones is 1. The molecule has 0 radical (unpaired) electrons. The van der Waals surface area contributed by atoms with Crippen LogP contribution in [0.1, 0.15) is 10.4 Å². The van der Waals surface area contributed by atoms with Crippen LogP contribution in [0.3, 0.4) is 0 Å². The Balaban J connectivity index is 2.00. The molecule has 30 heavy (non-hydrogen) atoms. The molecule has 0 saturated carbocycles. The molecule has 1 aliphatic heterocycles. The molecule has 2 aromatic heterocycles. The highest BCUT2D eigenvalue weighted by molar-refractivity contribution is 7.72. The molecule has 1 saturated heterocycles. The second-order valence-corrected chi connectivity index (χ2v) is 7.37. The van der Waals surface area contributed by atoms with E-state index in [4.69, 9.17) is 10.5 Å². The summed E-state index contributed by atoms with van der Waals surface area (Å²) in [6.07, 6.45) is -3.69. The van der Waals surface area contributed by atoms with Gasteiger partial charge in [0, 0.05) is 5.56 Å². The van der Waals surface area contributed by atoms with Crippen LogP contribution in [0.5, 0.6) is 0 Å². The van der Waals surface area contributed by atoms with Gasteiger partial charge in [-0.1, -0.05) is 30.3 Å². The van der Waals surface area contributed by atoms with Crippen molar-refractivity contribution in [2.45, 2.75) is 24.0 Å². The Bertz CT molecular complexity index is 1270. The molecule has 0 spiro atoms. The number of hydrogen-bond acceptors (Lipinski definition) is 10. The highest BCUT2D eigenvalue weighted by Crippen LogP contribution is 2.40. The normalized spacial score (nSPS) is 26.0. The molecule has 13 heteroatoms. The minimum Gasteiger partial charge on any atom is -0.387 e. The van der Waals surface area contributed by atoms with Crippen molar-refractivity contribution in [1.29, 1.82) is 0 Å². The fraction of sp³-hybridized carbons (Fsp3) is 0.235. The van der Waals surface area contributed by atoms with Gasteiger partial charge in [-0.2, -0.15) is 8.42 Å². The monoisotopic (exact) mass is 433 g/mol. The van der Waals surface area contributed by atoms with Crippen molar-refractivity contribution < 1.29 is 33.3 Å². The van der Waals surface area contributed by atoms with E-state index in [0.717, 1.165) is 17.2 Å². The van der Waals surface area contributed by atoms with E-state index >= 15 is 0 Å². The largest absolute Gasteiger partial charge is 0.387 e. The first-order chi connectivity index (χ1) is 14.3. The number of rotatable bonds is 4. The molecule has 1 fully saturated rings. The summed E-state index contributed by atoms with van der Waals surface area (Å²) in [5, 5.41) is 30.0. The van der Waals surface area contributed by atoms with E-state index in [-0.39, 0.29) is 22.5 Å². The first-order valence-electron chi connectivity index (χ1n) is 8.52. The third-order valence-corrected chi connectivity index (χ3v) is 5.41. The van der Waals surface area contributed by atoms with Gasteiger partial charge in [0.05, 0.1) is 0 Å². The van der Waals surface area contributed by atoms with Crippen molar-refractivity contribution >= 4 is 38.1 Å². The second kappa shape index (κ2) is 7.23. The summed E-state index contributed by atoms with van der Waals surface area (Å²) in [7, 11) is -3.16. The van der Waals surface area contributed by atoms with Crippen LogP contribution in [-0.2, 0) is 20.8 Å². The van der Waals surface area contributed by atoms with Crippen LogP contribution in [0, 0.1) is 0 Å². The number of benzene rings is 1. The Kier molecular flexibility index (Phi) is 4.83. The van der Waals surface area contributed by atoms with Crippen LogP contribution < -0.4 is 5.73 Å². The maximum Gasteiger partial charge on any atom is 0.243 e. The molecule has 0 amide bonds. The van der Waals surface area contributed by atoms with Gasteiger partial charge in [-0.25, -0.2) is 15.0 Å². The Hall–Kier alpha value is -3.23. The van der Waals surface area contributed by atoms with Crippen LogP contribution >= 0.6 is 0 Å². The van der Waals surface area contributed by atoms with E-state index in [1.807, 2.05) is 0 Å². The van der Waals surface area contributed by atoms with Gasteiger partial charge in [-0.15, -0.1) is 0 Å². The first kappa shape index (κ1) is 20.1. The SMILES string of the molecule is Nc1ncnc2c1ncn2[C@]1(C(=O)c2ccccc2)O[C@H](C(O)=S(=O)=O)[C@@H](O)[C@H]1O. The van der Waals surface area contributed by atoms with Gasteiger partial charge in [0.15, 0.2) is 17.6 Å². The quantitative estimate of drug-likeness (QED) is 0.280. The summed E-state index contributed by atoms with van der Waals surface area (Å²) in [5.41, 5.74) is 3.53. The number of Topliss-reactive ketones (excluding diaryl/α,β-unsaturated/α-hetero) is 1. The highest BCUT2D eigenvalue weighted by atomic mass is 32.2. The van der Waals surface area contributed by atoms with Crippen molar-refractivity contribution in [3.8, 4) is 0 Å². The van der Waals surface area contributed by atoms with Gasteiger partial charge in [0.2, 0.25) is 26.9 Å². The molecule has 5 N–H and O–H groups in total. The predicted molar refractivity (Wildman–Crippen MR) is 102 cm³/mol. The van der Waals surface area contributed by atoms with Crippen LogP contribution in [0.15, 0.2) is 43.0 Å². The average Bonchev–Trinajstić information content (AvgIpc) is 3.29. The van der Waals surface area contributed by atoms with E-state index in [0.29, 0.717) is 0 Å². The molecule has 3 heterocycles. The Morgan fingerprint density at radius 2 is 1.87 bits per heavy atom. The standard InChI is InChI=1S/C17H15N5O7S/c18-14-9-15(20-6-19-14)22(7-21-9)17(12(24)8-4-2-1-3-5-8)13(25)10(23)11(29-17)16(26)30(27)28/h1-7,10-11,13,23,25-26H,(H2,18,19,20)/t10-,11+,13-,17-/m1/s1. The number of aliphatic hydroxyl groups excluding tert-OH is 3. The number of imidazole rings is 1. The summed E-state index contributed by atoms with van der Waals surface area (Å²) >= 11 is 0. The van der Waals surface area contributed by atoms with Gasteiger partial charge in [-0.05, 0) is 0 Å². The smallest absolute Gasteiger partial charge is 0.243 e. The van der Waals surface area contributed by atoms with Gasteiger partial charge in [0.1, 0.15) is 30.4 Å². The topological polar surface area (TPSA) is 191 Å². The lowest BCUT2D eigenvalue weighted by Crippen LogP contribution is -2.51. The average molecular weight is 433 g/mol. The Morgan fingerprint density at radius 1 is 1.17 bits per heavy atom. The zero-order valence-electron chi connectivity index (χ0n) is 15.0. The van der Waals surface area contributed by atoms with Crippen LogP contribution in [0.4, 0.5) is 5.82 Å². The molecule has 0 aliphatic carbocycles. The summed E-state index contributed by atoms with van der Waals surface area (Å²) in [4.78, 5) is 25.4. The molecule has 0 unspecified atom stereocenters. The minimum absolute atomic E-state index is 0.0126. The van der Waals surface area contributed by atoms with Crippen molar-refractivity contribution in [2.24, 2.45) is 0 Å². The maximum atomic E-state index is 13.5. The molecule has 1 aromatic carbocycles. The van der Waals surface area contributed by atoms with E-state index < -0.39 is 45.2 Å². The molecule has 4 rings (SSSR count). The molecule has 1 aliphatic rings. The van der Waals surface area contributed by atoms with E-state index in [1.54, 1.807) is 18.2 Å². The lowest BCUT2D eigenvalue weighted by molar-refractivity contribution is -0.0969. The van der Waals surface area contributed by atoms with Crippen molar-refractivity contribution in [1.82, 2.24) is 19.5 Å². The molecule has 3 aromatic rings. The lowest BCUT2D eigenvalue weighted by atomic mass is 9.93. The van der Waals surface area contributed by atoms with Gasteiger partial charge in [-0.3, -0.25) is 9.36 Å². The number of carbonyl (C=O) groups excluding carboxylic acids is 1. The fourth-order valence-corrected chi connectivity index (χ4v) is 3.79. The number of carbonyl (C=O) groups is 1. The van der Waals surface area contributed by atoms with Crippen molar-refractivity contribution in [3.05, 3.63) is 48.5 Å². The number of aromatic nitrogens is 4. The third kappa shape index (κ3) is 2.79. The molecular formula is C17H15N5O7S. The lowest BCUT2D eigenvalue weighted by Gasteiger charge is -2.32. The summed E-state index contributed by atoms with van der Waals surface area (Å²) in [6, 6.07) is 7.68. The number of aliphatic hydroxyl groups is 3. The molecule has 0 bridgehead atoms. The van der Waals surface area contributed by atoms with Crippen LogP contribution in [-0.4, -0.2) is 72.4 Å². The highest BCUT2D eigenvalue weighted by Gasteiger charge is 2.62. The second-order valence-electron chi connectivity index (χ2n) is 6.48. The number of nitrogen functional groups attached to an aromatic ring is 1. The molecule has 4 atom stereocenters. The van der Waals surface area contributed by atoms with Gasteiger partial charge >= 0.3 is 0 Å². The Labute approximate surface area is 169 Å². The number of nitrogens with two attached hydrogens (primary N) is 1. The van der Waals surface area contributed by atoms with E-state index in [9.17, 15) is 28.5 Å². The first-order valence-corrected chi connectivity index (χ1v) is 9.59. The van der Waals surface area contributed by atoms with Crippen molar-refractivity contribution in [3.63, 3.8) is 0 Å². The Morgan fingerprint density at radius 3 is 2.53 bits per heavy atom. The van der Waals surface area contributed by atoms with Crippen molar-refractivity contribution in [2.75, 3.05) is 5.73 Å². The zero-order valence-corrected chi connectivity index (χ0v) is 15.8. The third-order valence-electron chi connectivity index (χ3n) is 4.84. The number of anilines is 1. The van der Waals surface area contributed by atoms with Gasteiger partial charge in [0.25, 0.3) is 0 Å². The van der Waals surface area contributed by atoms with Gasteiger partial charge < -0.3 is 25.8 Å². The number of ether oxygens (including phenoxy) is 1. The summed E-state index contributed by atoms with van der Waals surface area (Å²) < 4.78 is 29.1. The number of fused-ring (bicyclic) bond motifs is 1. The summed E-state index contributed by atoms with van der Waals surface area (Å²) in [5.74, 6) is -0.848. The fourth-order valence-electron chi connectivity index (χ4n) is 3.41. The van der Waals surface area contributed by atoms with Crippen LogP contribution in [0.25, 0.3) is 11.2 Å². The molecular weight excluding hydrogens is 418 g/mol. The molecule has 12 nitrogen and oxygen atoms in total. The zero-order chi connectivity index (χ0) is 21.6. The number of nitrogens with zero attached hydrogens (tertiary/aromatic N) is 4. The predicted octanol–water partition coefficient (Wildman–Crippen LogP) is -1.37.